The Bertz CT molecular complexity index is 1380. The van der Waals surface area contributed by atoms with Crippen molar-refractivity contribution >= 4 is 33.3 Å². The van der Waals surface area contributed by atoms with Crippen LogP contribution in [0.2, 0.25) is 0 Å². The molecule has 3 fully saturated rings. The van der Waals surface area contributed by atoms with Gasteiger partial charge in [-0.2, -0.15) is 0 Å². The number of rotatable bonds is 4. The number of halogens is 1. The van der Waals surface area contributed by atoms with Crippen LogP contribution in [-0.4, -0.2) is 59.6 Å². The quantitative estimate of drug-likeness (QED) is 0.445. The van der Waals surface area contributed by atoms with Crippen LogP contribution in [0.3, 0.4) is 0 Å². The van der Waals surface area contributed by atoms with Crippen LogP contribution in [0.5, 0.6) is 0 Å². The number of nitrogens with zero attached hydrogens (tertiary/aromatic N) is 3. The number of hydrogen-bond donors (Lipinski definition) is 3. The van der Waals surface area contributed by atoms with E-state index >= 15 is 4.39 Å². The highest BCUT2D eigenvalue weighted by atomic mass is 19.1. The molecule has 1 atom stereocenters. The molecule has 2 bridgehead atoms. The highest BCUT2D eigenvalue weighted by Crippen LogP contribution is 2.37. The van der Waals surface area contributed by atoms with Gasteiger partial charge < -0.3 is 25.1 Å². The van der Waals surface area contributed by atoms with Gasteiger partial charge in [0.25, 0.3) is 5.56 Å². The zero-order valence-corrected chi connectivity index (χ0v) is 18.8. The fraction of sp³-hybridized carbons (Fsp3) is 0.360. The number of nitrogens with one attached hydrogen (secondary N) is 3. The van der Waals surface area contributed by atoms with Gasteiger partial charge in [0.2, 0.25) is 0 Å². The fourth-order valence-electron chi connectivity index (χ4n) is 5.41. The van der Waals surface area contributed by atoms with Crippen molar-refractivity contribution in [3.05, 3.63) is 52.6 Å². The number of pyridine rings is 1. The van der Waals surface area contributed by atoms with Crippen molar-refractivity contribution in [3.8, 4) is 11.4 Å². The number of piperidine rings is 3. The Balaban J connectivity index is 1.58. The first-order valence-electron chi connectivity index (χ1n) is 11.5. The summed E-state index contributed by atoms with van der Waals surface area (Å²) in [6.45, 7) is 3.17. The number of fused-ring (bicyclic) bond motifs is 5. The van der Waals surface area contributed by atoms with Crippen LogP contribution in [0.4, 0.5) is 15.8 Å². The van der Waals surface area contributed by atoms with E-state index < -0.39 is 0 Å². The van der Waals surface area contributed by atoms with E-state index in [2.05, 4.69) is 20.2 Å². The lowest BCUT2D eigenvalue weighted by molar-refractivity contribution is 0.0976. The summed E-state index contributed by atoms with van der Waals surface area (Å²) in [4.78, 5) is 28.5. The molecule has 0 aliphatic carbocycles. The lowest BCUT2D eigenvalue weighted by Crippen LogP contribution is -2.53. The lowest BCUT2D eigenvalue weighted by Gasteiger charge is -2.45. The Kier molecular flexibility index (Phi) is 4.65. The smallest absolute Gasteiger partial charge is 0.261 e. The number of para-hydroxylation sites is 2. The van der Waals surface area contributed by atoms with E-state index in [9.17, 15) is 4.79 Å². The van der Waals surface area contributed by atoms with Crippen molar-refractivity contribution in [3.63, 3.8) is 0 Å². The average molecular weight is 447 g/mol. The molecule has 0 radical (unpaired) electrons. The molecule has 0 amide bonds. The van der Waals surface area contributed by atoms with E-state index in [0.29, 0.717) is 39.6 Å². The molecule has 2 aromatic carbocycles. The first-order chi connectivity index (χ1) is 16.0. The lowest BCUT2D eigenvalue weighted by atomic mass is 9.83. The molecule has 2 aromatic heterocycles. The van der Waals surface area contributed by atoms with Crippen molar-refractivity contribution in [2.24, 2.45) is 5.92 Å². The van der Waals surface area contributed by atoms with Crippen molar-refractivity contribution < 1.29 is 4.39 Å². The maximum Gasteiger partial charge on any atom is 0.261 e. The van der Waals surface area contributed by atoms with Gasteiger partial charge in [-0.05, 0) is 56.1 Å². The monoisotopic (exact) mass is 446 g/mol. The van der Waals surface area contributed by atoms with E-state index in [1.165, 1.54) is 6.07 Å². The highest BCUT2D eigenvalue weighted by molar-refractivity contribution is 6.00. The minimum atomic E-state index is -0.327. The number of benzene rings is 2. The van der Waals surface area contributed by atoms with Crippen LogP contribution in [0.1, 0.15) is 12.8 Å². The summed E-state index contributed by atoms with van der Waals surface area (Å²) in [5.41, 5.74) is 3.51. The predicted octanol–water partition coefficient (Wildman–Crippen LogP) is 3.78. The van der Waals surface area contributed by atoms with Gasteiger partial charge in [0.05, 0.1) is 27.9 Å². The fourth-order valence-corrected chi connectivity index (χ4v) is 5.41. The third-order valence-electron chi connectivity index (χ3n) is 7.18. The summed E-state index contributed by atoms with van der Waals surface area (Å²) in [5.74, 6) is 0.700. The normalized spacial score (nSPS) is 22.2. The average Bonchev–Trinajstić information content (AvgIpc) is 3.23. The third-order valence-corrected chi connectivity index (χ3v) is 7.18. The molecule has 4 aromatic rings. The molecule has 5 heterocycles. The second-order valence-electron chi connectivity index (χ2n) is 9.44. The van der Waals surface area contributed by atoms with Crippen molar-refractivity contribution in [1.82, 2.24) is 19.9 Å². The molecule has 33 heavy (non-hydrogen) atoms. The van der Waals surface area contributed by atoms with Gasteiger partial charge in [-0.3, -0.25) is 4.79 Å². The van der Waals surface area contributed by atoms with E-state index in [0.717, 1.165) is 43.5 Å². The molecule has 7 rings (SSSR count). The van der Waals surface area contributed by atoms with Gasteiger partial charge >= 0.3 is 0 Å². The Morgan fingerprint density at radius 3 is 2.61 bits per heavy atom. The van der Waals surface area contributed by atoms with Crippen molar-refractivity contribution in [1.29, 1.82) is 0 Å². The number of aromatic nitrogens is 3. The third kappa shape index (κ3) is 3.36. The van der Waals surface area contributed by atoms with Gasteiger partial charge in [0.15, 0.2) is 0 Å². The van der Waals surface area contributed by atoms with E-state index in [-0.39, 0.29) is 17.4 Å². The van der Waals surface area contributed by atoms with Gasteiger partial charge in [-0.25, -0.2) is 9.37 Å². The molecule has 170 valence electrons. The van der Waals surface area contributed by atoms with Crippen LogP contribution in [-0.2, 0) is 0 Å². The van der Waals surface area contributed by atoms with E-state index in [4.69, 9.17) is 4.98 Å². The van der Waals surface area contributed by atoms with Gasteiger partial charge in [0.1, 0.15) is 17.2 Å². The Morgan fingerprint density at radius 1 is 1.12 bits per heavy atom. The number of imidazole rings is 1. The molecular weight excluding hydrogens is 419 g/mol. The minimum absolute atomic E-state index is 0.206. The highest BCUT2D eigenvalue weighted by Gasteiger charge is 2.35. The molecule has 0 unspecified atom stereocenters. The topological polar surface area (TPSA) is 80.0 Å². The van der Waals surface area contributed by atoms with Crippen LogP contribution in [0.15, 0.2) is 41.2 Å². The number of anilines is 2. The van der Waals surface area contributed by atoms with Crippen LogP contribution in [0, 0.1) is 11.7 Å². The molecule has 0 spiro atoms. The van der Waals surface area contributed by atoms with Crippen LogP contribution < -0.4 is 15.8 Å². The maximum atomic E-state index is 15.1. The second-order valence-corrected chi connectivity index (χ2v) is 9.44. The zero-order valence-electron chi connectivity index (χ0n) is 18.8. The molecule has 8 heteroatoms. The van der Waals surface area contributed by atoms with E-state index in [1.807, 2.05) is 24.3 Å². The number of aromatic amines is 2. The molecule has 3 aliphatic heterocycles. The summed E-state index contributed by atoms with van der Waals surface area (Å²) < 4.78 is 15.1. The largest absolute Gasteiger partial charge is 0.379 e. The SMILES string of the molecule is CN(C)c1cc2[nH]c(=O)c(-c3nc4ccccc4[nH]3)c(N[C@H]3CN4CCC3CC4)c2cc1F. The summed E-state index contributed by atoms with van der Waals surface area (Å²) in [6.07, 6.45) is 2.27. The number of hydrogen-bond acceptors (Lipinski definition) is 5. The Labute approximate surface area is 190 Å². The standard InChI is InChI=1S/C25H27FN6O/c1-31(2)21-12-19-15(11-16(21)26)23(27-20-13-32-9-7-14(20)8-10-32)22(25(33)30-19)24-28-17-5-3-4-6-18(17)29-24/h3-6,11-12,14,20H,7-10,13H2,1-2H3,(H,28,29)(H2,27,30,33)/t20-/m0/s1. The van der Waals surface area contributed by atoms with Gasteiger partial charge in [-0.1, -0.05) is 12.1 Å². The molecular formula is C25H27FN6O. The predicted molar refractivity (Wildman–Crippen MR) is 131 cm³/mol. The zero-order chi connectivity index (χ0) is 22.7. The summed E-state index contributed by atoms with van der Waals surface area (Å²) in [5, 5.41) is 4.34. The van der Waals surface area contributed by atoms with Crippen molar-refractivity contribution in [2.75, 3.05) is 43.9 Å². The van der Waals surface area contributed by atoms with Gasteiger partial charge in [-0.15, -0.1) is 0 Å². The van der Waals surface area contributed by atoms with Gasteiger partial charge in [0, 0.05) is 32.1 Å². The first kappa shape index (κ1) is 20.2. The molecule has 3 N–H and O–H groups in total. The molecule has 0 saturated carbocycles. The molecule has 7 nitrogen and oxygen atoms in total. The molecule has 3 saturated heterocycles. The first-order valence-corrected chi connectivity index (χ1v) is 11.5. The second kappa shape index (κ2) is 7.59. The van der Waals surface area contributed by atoms with Crippen LogP contribution in [0.25, 0.3) is 33.3 Å². The van der Waals surface area contributed by atoms with E-state index in [1.54, 1.807) is 25.1 Å². The molecule has 3 aliphatic rings. The Hall–Kier alpha value is -3.39. The van der Waals surface area contributed by atoms with Crippen LogP contribution >= 0.6 is 0 Å². The number of H-pyrrole nitrogens is 2. The Morgan fingerprint density at radius 2 is 1.91 bits per heavy atom. The summed E-state index contributed by atoms with van der Waals surface area (Å²) in [7, 11) is 3.58. The van der Waals surface area contributed by atoms with Crippen molar-refractivity contribution in [2.45, 2.75) is 18.9 Å². The maximum absolute atomic E-state index is 15.1. The summed E-state index contributed by atoms with van der Waals surface area (Å²) in [6, 6.07) is 11.1. The summed E-state index contributed by atoms with van der Waals surface area (Å²) >= 11 is 0. The minimum Gasteiger partial charge on any atom is -0.379 e.